The molecule has 178 valence electrons. The second-order valence-electron chi connectivity index (χ2n) is 8.25. The second-order valence-corrected chi connectivity index (χ2v) is 8.25. The highest BCUT2D eigenvalue weighted by Crippen LogP contribution is 2.51. The molecule has 0 aliphatic carbocycles. The van der Waals surface area contributed by atoms with Crippen molar-refractivity contribution in [2.24, 2.45) is 4.99 Å². The monoisotopic (exact) mass is 478 g/mol. The van der Waals surface area contributed by atoms with Crippen molar-refractivity contribution in [3.63, 3.8) is 0 Å². The first-order chi connectivity index (χ1) is 17.5. The van der Waals surface area contributed by atoms with Crippen molar-refractivity contribution in [2.75, 3.05) is 14.2 Å². The Morgan fingerprint density at radius 1 is 1.03 bits per heavy atom. The number of nitriles is 1. The standard InChI is InChI=1S/C29H22N2O5/c1-17-13-24(32)35-22-14-23(34-3)28-27(25(17)22)26(19-9-11-20(33-2)12-10-19)21(15-30)29(36-28)31-16-18-7-5-4-6-8-18/h4-14,16,26H,1-3H3/b31-16+. The van der Waals surface area contributed by atoms with Gasteiger partial charge in [0.05, 0.1) is 20.1 Å². The van der Waals surface area contributed by atoms with Gasteiger partial charge >= 0.3 is 5.63 Å². The molecule has 1 unspecified atom stereocenters. The number of fused-ring (bicyclic) bond motifs is 3. The van der Waals surface area contributed by atoms with Gasteiger partial charge in [0.2, 0.25) is 5.88 Å². The zero-order chi connectivity index (χ0) is 25.2. The van der Waals surface area contributed by atoms with Crippen molar-refractivity contribution in [1.29, 1.82) is 5.26 Å². The van der Waals surface area contributed by atoms with Crippen LogP contribution >= 0.6 is 0 Å². The smallest absolute Gasteiger partial charge is 0.336 e. The predicted octanol–water partition coefficient (Wildman–Crippen LogP) is 5.50. The summed E-state index contributed by atoms with van der Waals surface area (Å²) in [6.07, 6.45) is 1.65. The van der Waals surface area contributed by atoms with E-state index in [4.69, 9.17) is 18.6 Å². The lowest BCUT2D eigenvalue weighted by molar-refractivity contribution is 0.345. The number of benzene rings is 3. The molecule has 0 amide bonds. The topological polar surface area (TPSA) is 94.1 Å². The summed E-state index contributed by atoms with van der Waals surface area (Å²) in [6.45, 7) is 1.83. The number of hydrogen-bond acceptors (Lipinski definition) is 7. The second kappa shape index (κ2) is 9.43. The molecule has 7 heteroatoms. The molecule has 7 nitrogen and oxygen atoms in total. The number of methoxy groups -OCH3 is 2. The van der Waals surface area contributed by atoms with Crippen molar-refractivity contribution in [1.82, 2.24) is 0 Å². The Hall–Kier alpha value is -4.83. The van der Waals surface area contributed by atoms with Gasteiger partial charge in [0.15, 0.2) is 11.5 Å². The zero-order valence-corrected chi connectivity index (χ0v) is 19.9. The van der Waals surface area contributed by atoms with E-state index in [0.717, 1.165) is 11.1 Å². The summed E-state index contributed by atoms with van der Waals surface area (Å²) >= 11 is 0. The fourth-order valence-corrected chi connectivity index (χ4v) is 4.47. The van der Waals surface area contributed by atoms with E-state index < -0.39 is 11.5 Å². The van der Waals surface area contributed by atoms with Crippen molar-refractivity contribution >= 4 is 17.2 Å². The lowest BCUT2D eigenvalue weighted by Gasteiger charge is -2.29. The van der Waals surface area contributed by atoms with Gasteiger partial charge in [0.1, 0.15) is 23.0 Å². The molecule has 1 aromatic heterocycles. The summed E-state index contributed by atoms with van der Waals surface area (Å²) in [5.41, 5.74) is 3.27. The molecule has 3 aromatic carbocycles. The van der Waals surface area contributed by atoms with Crippen molar-refractivity contribution in [2.45, 2.75) is 12.8 Å². The van der Waals surface area contributed by atoms with E-state index in [1.165, 1.54) is 13.2 Å². The van der Waals surface area contributed by atoms with Crippen LogP contribution in [0.4, 0.5) is 0 Å². The normalized spacial score (nSPS) is 14.9. The maximum absolute atomic E-state index is 12.2. The highest BCUT2D eigenvalue weighted by molar-refractivity contribution is 5.91. The van der Waals surface area contributed by atoms with E-state index in [2.05, 4.69) is 11.1 Å². The third kappa shape index (κ3) is 3.99. The van der Waals surface area contributed by atoms with Gasteiger partial charge in [-0.05, 0) is 35.7 Å². The largest absolute Gasteiger partial charge is 0.497 e. The summed E-state index contributed by atoms with van der Waals surface area (Å²) in [4.78, 5) is 16.7. The van der Waals surface area contributed by atoms with E-state index >= 15 is 0 Å². The first kappa shape index (κ1) is 22.9. The maximum Gasteiger partial charge on any atom is 0.336 e. The Morgan fingerprint density at radius 2 is 1.78 bits per heavy atom. The van der Waals surface area contributed by atoms with Crippen molar-refractivity contribution in [3.05, 3.63) is 111 Å². The third-order valence-electron chi connectivity index (χ3n) is 6.11. The highest BCUT2D eigenvalue weighted by atomic mass is 16.5. The highest BCUT2D eigenvalue weighted by Gasteiger charge is 2.36. The van der Waals surface area contributed by atoms with Crippen LogP contribution in [0, 0.1) is 18.3 Å². The molecule has 4 aromatic rings. The molecule has 1 aliphatic heterocycles. The summed E-state index contributed by atoms with van der Waals surface area (Å²) in [6, 6.07) is 22.4. The zero-order valence-electron chi connectivity index (χ0n) is 19.9. The van der Waals surface area contributed by atoms with Crippen molar-refractivity contribution < 1.29 is 18.6 Å². The van der Waals surface area contributed by atoms with Gasteiger partial charge in [-0.3, -0.25) is 0 Å². The van der Waals surface area contributed by atoms with Crippen LogP contribution in [0.25, 0.3) is 11.0 Å². The van der Waals surface area contributed by atoms with Crippen molar-refractivity contribution in [3.8, 4) is 23.3 Å². The molecule has 0 bridgehead atoms. The van der Waals surface area contributed by atoms with E-state index in [-0.39, 0.29) is 5.88 Å². The minimum Gasteiger partial charge on any atom is -0.497 e. The lowest BCUT2D eigenvalue weighted by Crippen LogP contribution is -2.18. The molecule has 36 heavy (non-hydrogen) atoms. The molecule has 0 saturated carbocycles. The average Bonchev–Trinajstić information content (AvgIpc) is 2.90. The fraction of sp³-hybridized carbons (Fsp3) is 0.138. The molecule has 2 heterocycles. The Balaban J connectivity index is 1.82. The fourth-order valence-electron chi connectivity index (χ4n) is 4.47. The predicted molar refractivity (Wildman–Crippen MR) is 136 cm³/mol. The molecule has 1 aliphatic rings. The quantitative estimate of drug-likeness (QED) is 0.278. The SMILES string of the molecule is COc1ccc(C2C(C#N)=C(/N=C/c3ccccc3)Oc3c(OC)cc4oc(=O)cc(C)c4c32)cc1. The summed E-state index contributed by atoms with van der Waals surface area (Å²) < 4.78 is 22.8. The molecule has 0 fully saturated rings. The minimum atomic E-state index is -0.559. The van der Waals surface area contributed by atoms with Crippen LogP contribution in [0.1, 0.15) is 28.2 Å². The summed E-state index contributed by atoms with van der Waals surface area (Å²) in [7, 11) is 3.11. The van der Waals surface area contributed by atoms with Crippen LogP contribution in [0.5, 0.6) is 17.2 Å². The van der Waals surface area contributed by atoms with Gasteiger partial charge in [-0.25, -0.2) is 9.79 Å². The van der Waals surface area contributed by atoms with E-state index in [9.17, 15) is 10.1 Å². The molecule has 0 radical (unpaired) electrons. The van der Waals surface area contributed by atoms with Gasteiger partial charge in [-0.15, -0.1) is 0 Å². The molecule has 0 N–H and O–H groups in total. The number of aliphatic imine (C=N–C) groups is 1. The molecule has 0 saturated heterocycles. The molecule has 5 rings (SSSR count). The van der Waals surface area contributed by atoms with Crippen LogP contribution in [0.3, 0.4) is 0 Å². The summed E-state index contributed by atoms with van der Waals surface area (Å²) in [5, 5.41) is 11.0. The van der Waals surface area contributed by atoms with E-state index in [0.29, 0.717) is 44.9 Å². The van der Waals surface area contributed by atoms with Gasteiger partial charge in [0.25, 0.3) is 0 Å². The first-order valence-corrected chi connectivity index (χ1v) is 11.2. The summed E-state index contributed by atoms with van der Waals surface area (Å²) in [5.74, 6) is 1.09. The van der Waals surface area contributed by atoms with Crippen LogP contribution in [0.15, 0.2) is 92.4 Å². The third-order valence-corrected chi connectivity index (χ3v) is 6.11. The molecular formula is C29H22N2O5. The Bertz CT molecular complexity index is 1610. The Kier molecular flexibility index (Phi) is 6.01. The Morgan fingerprint density at radius 3 is 2.44 bits per heavy atom. The number of nitrogens with zero attached hydrogens (tertiary/aromatic N) is 2. The van der Waals surface area contributed by atoms with E-state index in [1.54, 1.807) is 19.4 Å². The number of allylic oxidation sites excluding steroid dienone is 1. The van der Waals surface area contributed by atoms with Gasteiger partial charge in [-0.1, -0.05) is 42.5 Å². The van der Waals surface area contributed by atoms with Crippen LogP contribution in [-0.4, -0.2) is 20.4 Å². The number of rotatable bonds is 5. The number of hydrogen-bond donors (Lipinski definition) is 0. The number of aryl methyl sites for hydroxylation is 1. The van der Waals surface area contributed by atoms with E-state index in [1.807, 2.05) is 61.5 Å². The van der Waals surface area contributed by atoms with Gasteiger partial charge < -0.3 is 18.6 Å². The molecule has 0 spiro atoms. The molecule has 1 atom stereocenters. The number of ether oxygens (including phenoxy) is 3. The first-order valence-electron chi connectivity index (χ1n) is 11.2. The minimum absolute atomic E-state index is 0.169. The maximum atomic E-state index is 12.2. The van der Waals surface area contributed by atoms with Crippen LogP contribution < -0.4 is 19.8 Å². The molecular weight excluding hydrogens is 456 g/mol. The van der Waals surface area contributed by atoms with Crippen LogP contribution in [-0.2, 0) is 0 Å². The average molecular weight is 479 g/mol. The van der Waals surface area contributed by atoms with Crippen LogP contribution in [0.2, 0.25) is 0 Å². The Labute approximate surface area is 207 Å². The van der Waals surface area contributed by atoms with Gasteiger partial charge in [0, 0.05) is 29.3 Å². The lowest BCUT2D eigenvalue weighted by atomic mass is 9.81. The van der Waals surface area contributed by atoms with Gasteiger partial charge in [-0.2, -0.15) is 5.26 Å².